The topological polar surface area (TPSA) is 73.7 Å². The van der Waals surface area contributed by atoms with Gasteiger partial charge < -0.3 is 19.5 Å². The number of halogens is 2. The molecule has 2 aromatic rings. The number of benzene rings is 1. The average molecular weight is 437 g/mol. The number of nitrogens with one attached hydrogen (secondary N) is 1. The molecule has 1 unspecified atom stereocenters. The molecule has 0 radical (unpaired) electrons. The third-order valence-electron chi connectivity index (χ3n) is 6.23. The maximum absolute atomic E-state index is 13.6. The molecule has 8 nitrogen and oxygen atoms in total. The van der Waals surface area contributed by atoms with E-state index < -0.39 is 12.5 Å². The highest BCUT2D eigenvalue weighted by Crippen LogP contribution is 2.39. The summed E-state index contributed by atoms with van der Waals surface area (Å²) < 4.78 is 44.9. The van der Waals surface area contributed by atoms with E-state index in [9.17, 15) is 8.78 Å². The number of ether oxygens (including phenoxy) is 3. The standard InChI is InChI=1S/C21H29F2N5O3/c1-29-17-7-13(8-18(30-2)19(17)31-3)10-27-6-4-5-14(11-27)15-9-16(20(22)23)28-21(26-15)24-12-25-28/h7-8,12,14-16,20H,4-6,9-11H2,1-3H3,(H,24,25,26)/t14?,15-,16+/m0/s1. The second-order valence-electron chi connectivity index (χ2n) is 8.09. The molecule has 0 saturated carbocycles. The molecule has 3 atom stereocenters. The summed E-state index contributed by atoms with van der Waals surface area (Å²) in [5, 5.41) is 7.32. The molecule has 170 valence electrons. The number of aromatic nitrogens is 3. The van der Waals surface area contributed by atoms with E-state index in [1.165, 1.54) is 11.0 Å². The lowest BCUT2D eigenvalue weighted by molar-refractivity contribution is 0.0550. The minimum Gasteiger partial charge on any atom is -0.493 e. The monoisotopic (exact) mass is 437 g/mol. The fourth-order valence-corrected chi connectivity index (χ4v) is 4.75. The Hall–Kier alpha value is -2.62. The molecule has 1 aromatic carbocycles. The van der Waals surface area contributed by atoms with Gasteiger partial charge in [0.1, 0.15) is 12.4 Å². The smallest absolute Gasteiger partial charge is 0.260 e. The molecule has 2 aliphatic rings. The minimum atomic E-state index is -2.47. The normalized spacial score (nSPS) is 23.9. The number of rotatable bonds is 7. The van der Waals surface area contributed by atoms with Crippen LogP contribution in [-0.4, -0.2) is 66.6 Å². The number of fused-ring (bicyclic) bond motifs is 1. The van der Waals surface area contributed by atoms with Gasteiger partial charge in [0.25, 0.3) is 6.43 Å². The van der Waals surface area contributed by atoms with Gasteiger partial charge in [0.05, 0.1) is 21.3 Å². The SMILES string of the molecule is COc1cc(CN2CCCC([C@@H]3C[C@H](C(F)F)n4ncnc4N3)C2)cc(OC)c1OC. The second kappa shape index (κ2) is 9.25. The lowest BCUT2D eigenvalue weighted by Crippen LogP contribution is -2.46. The molecule has 3 heterocycles. The van der Waals surface area contributed by atoms with E-state index in [1.54, 1.807) is 21.3 Å². The minimum absolute atomic E-state index is 0.0570. The third-order valence-corrected chi connectivity index (χ3v) is 6.23. The molecule has 0 bridgehead atoms. The van der Waals surface area contributed by atoms with Gasteiger partial charge in [0, 0.05) is 19.1 Å². The summed E-state index contributed by atoms with van der Waals surface area (Å²) in [5.41, 5.74) is 1.05. The Morgan fingerprint density at radius 2 is 1.90 bits per heavy atom. The average Bonchev–Trinajstić information content (AvgIpc) is 3.26. The molecule has 1 N–H and O–H groups in total. The Balaban J connectivity index is 1.47. The van der Waals surface area contributed by atoms with E-state index in [0.29, 0.717) is 36.2 Å². The van der Waals surface area contributed by atoms with Gasteiger partial charge in [-0.15, -0.1) is 0 Å². The number of piperidine rings is 1. The van der Waals surface area contributed by atoms with E-state index in [4.69, 9.17) is 14.2 Å². The number of hydrogen-bond acceptors (Lipinski definition) is 7. The maximum Gasteiger partial charge on any atom is 0.260 e. The maximum atomic E-state index is 13.6. The van der Waals surface area contributed by atoms with Crippen LogP contribution in [0.4, 0.5) is 14.7 Å². The molecule has 1 saturated heterocycles. The summed E-state index contributed by atoms with van der Waals surface area (Å²) in [7, 11) is 4.79. The number of methoxy groups -OCH3 is 3. The van der Waals surface area contributed by atoms with Crippen LogP contribution in [0.1, 0.15) is 30.9 Å². The second-order valence-corrected chi connectivity index (χ2v) is 8.09. The Morgan fingerprint density at radius 3 is 2.55 bits per heavy atom. The first kappa shape index (κ1) is 21.6. The quantitative estimate of drug-likeness (QED) is 0.713. The van der Waals surface area contributed by atoms with Crippen molar-refractivity contribution in [3.63, 3.8) is 0 Å². The van der Waals surface area contributed by atoms with Crippen LogP contribution in [-0.2, 0) is 6.54 Å². The van der Waals surface area contributed by atoms with Gasteiger partial charge in [0.2, 0.25) is 11.7 Å². The highest BCUT2D eigenvalue weighted by atomic mass is 19.3. The Labute approximate surface area is 180 Å². The molecule has 31 heavy (non-hydrogen) atoms. The number of alkyl halides is 2. The Kier molecular flexibility index (Phi) is 6.45. The largest absolute Gasteiger partial charge is 0.493 e. The highest BCUT2D eigenvalue weighted by molar-refractivity contribution is 5.53. The first-order chi connectivity index (χ1) is 15.0. The van der Waals surface area contributed by atoms with Crippen molar-refractivity contribution in [3.05, 3.63) is 24.0 Å². The number of hydrogen-bond donors (Lipinski definition) is 1. The first-order valence-electron chi connectivity index (χ1n) is 10.5. The van der Waals surface area contributed by atoms with Crippen LogP contribution in [0, 0.1) is 5.92 Å². The summed E-state index contributed by atoms with van der Waals surface area (Å²) in [5.74, 6) is 2.50. The zero-order chi connectivity index (χ0) is 22.0. The summed E-state index contributed by atoms with van der Waals surface area (Å²) >= 11 is 0. The van der Waals surface area contributed by atoms with Crippen LogP contribution >= 0.6 is 0 Å². The number of nitrogens with zero attached hydrogens (tertiary/aromatic N) is 4. The molecule has 10 heteroatoms. The molecule has 0 aliphatic carbocycles. The molecular weight excluding hydrogens is 408 g/mol. The van der Waals surface area contributed by atoms with Gasteiger partial charge in [-0.25, -0.2) is 13.5 Å². The van der Waals surface area contributed by atoms with Crippen molar-refractivity contribution < 1.29 is 23.0 Å². The first-order valence-corrected chi connectivity index (χ1v) is 10.5. The van der Waals surface area contributed by atoms with E-state index >= 15 is 0 Å². The van der Waals surface area contributed by atoms with Crippen molar-refractivity contribution >= 4 is 5.95 Å². The van der Waals surface area contributed by atoms with Crippen LogP contribution in [0.15, 0.2) is 18.5 Å². The Bertz CT molecular complexity index is 869. The highest BCUT2D eigenvalue weighted by Gasteiger charge is 2.38. The lowest BCUT2D eigenvalue weighted by atomic mass is 9.86. The molecular formula is C21H29F2N5O3. The van der Waals surface area contributed by atoms with Crippen molar-refractivity contribution in [3.8, 4) is 17.2 Å². The molecule has 0 spiro atoms. The molecule has 0 amide bonds. The zero-order valence-corrected chi connectivity index (χ0v) is 18.1. The van der Waals surface area contributed by atoms with Crippen LogP contribution in [0.3, 0.4) is 0 Å². The summed E-state index contributed by atoms with van der Waals surface area (Å²) in [4.78, 5) is 6.48. The summed E-state index contributed by atoms with van der Waals surface area (Å²) in [6, 6.07) is 2.92. The van der Waals surface area contributed by atoms with Crippen molar-refractivity contribution in [2.75, 3.05) is 39.7 Å². The zero-order valence-electron chi connectivity index (χ0n) is 18.1. The van der Waals surface area contributed by atoms with Crippen molar-refractivity contribution in [1.29, 1.82) is 0 Å². The van der Waals surface area contributed by atoms with E-state index in [1.807, 2.05) is 12.1 Å². The fraction of sp³-hybridized carbons (Fsp3) is 0.619. The van der Waals surface area contributed by atoms with Gasteiger partial charge in [0.15, 0.2) is 11.5 Å². The van der Waals surface area contributed by atoms with Gasteiger partial charge in [-0.2, -0.15) is 10.1 Å². The van der Waals surface area contributed by atoms with E-state index in [-0.39, 0.29) is 12.0 Å². The molecule has 4 rings (SSSR count). The molecule has 1 aromatic heterocycles. The number of anilines is 1. The molecule has 1 fully saturated rings. The molecule has 2 aliphatic heterocycles. The lowest BCUT2D eigenvalue weighted by Gasteiger charge is -2.40. The van der Waals surface area contributed by atoms with Gasteiger partial charge in [-0.05, 0) is 49.4 Å². The van der Waals surface area contributed by atoms with Crippen molar-refractivity contribution in [1.82, 2.24) is 19.7 Å². The van der Waals surface area contributed by atoms with Crippen LogP contribution in [0.5, 0.6) is 17.2 Å². The summed E-state index contributed by atoms with van der Waals surface area (Å²) in [6.07, 6.45) is 1.21. The Morgan fingerprint density at radius 1 is 1.16 bits per heavy atom. The van der Waals surface area contributed by atoms with Gasteiger partial charge in [-0.3, -0.25) is 4.90 Å². The van der Waals surface area contributed by atoms with Gasteiger partial charge >= 0.3 is 0 Å². The predicted octanol–water partition coefficient (Wildman–Crippen LogP) is 3.21. The van der Waals surface area contributed by atoms with Crippen molar-refractivity contribution in [2.45, 2.75) is 44.3 Å². The van der Waals surface area contributed by atoms with E-state index in [0.717, 1.165) is 31.5 Å². The van der Waals surface area contributed by atoms with Crippen LogP contribution < -0.4 is 19.5 Å². The van der Waals surface area contributed by atoms with Crippen LogP contribution in [0.25, 0.3) is 0 Å². The van der Waals surface area contributed by atoms with Crippen LogP contribution in [0.2, 0.25) is 0 Å². The predicted molar refractivity (Wildman–Crippen MR) is 111 cm³/mol. The van der Waals surface area contributed by atoms with Gasteiger partial charge in [-0.1, -0.05) is 0 Å². The summed E-state index contributed by atoms with van der Waals surface area (Å²) in [6.45, 7) is 2.49. The fourth-order valence-electron chi connectivity index (χ4n) is 4.75. The third kappa shape index (κ3) is 4.39. The van der Waals surface area contributed by atoms with E-state index in [2.05, 4.69) is 20.3 Å². The number of likely N-dealkylation sites (tertiary alicyclic amines) is 1. The van der Waals surface area contributed by atoms with Crippen molar-refractivity contribution in [2.24, 2.45) is 5.92 Å².